The number of ether oxygens (including phenoxy) is 2. The van der Waals surface area contributed by atoms with Crippen molar-refractivity contribution in [2.24, 2.45) is 4.99 Å². The van der Waals surface area contributed by atoms with Crippen LogP contribution in [0.1, 0.15) is 6.92 Å². The van der Waals surface area contributed by atoms with Gasteiger partial charge in [-0.05, 0) is 19.1 Å². The molecule has 5 heteroatoms. The van der Waals surface area contributed by atoms with Crippen LogP contribution in [0.5, 0.6) is 11.5 Å². The first-order valence-electron chi connectivity index (χ1n) is 5.44. The van der Waals surface area contributed by atoms with Crippen LogP contribution in [0, 0.1) is 0 Å². The first-order chi connectivity index (χ1) is 8.24. The van der Waals surface area contributed by atoms with E-state index in [1.54, 1.807) is 21.3 Å². The van der Waals surface area contributed by atoms with Crippen molar-refractivity contribution >= 4 is 11.6 Å². The van der Waals surface area contributed by atoms with E-state index in [1.807, 2.05) is 25.1 Å². The van der Waals surface area contributed by atoms with Gasteiger partial charge in [0.25, 0.3) is 0 Å². The molecule has 17 heavy (non-hydrogen) atoms. The van der Waals surface area contributed by atoms with E-state index in [9.17, 15) is 0 Å². The van der Waals surface area contributed by atoms with E-state index in [1.165, 1.54) is 0 Å². The Bertz CT molecular complexity index is 391. The molecule has 94 valence electrons. The van der Waals surface area contributed by atoms with Gasteiger partial charge in [-0.15, -0.1) is 0 Å². The third-order valence-electron chi connectivity index (χ3n) is 2.21. The molecule has 0 radical (unpaired) electrons. The summed E-state index contributed by atoms with van der Waals surface area (Å²) in [6, 6.07) is 5.62. The quantitative estimate of drug-likeness (QED) is 0.618. The molecule has 1 rings (SSSR count). The van der Waals surface area contributed by atoms with Gasteiger partial charge in [-0.25, -0.2) is 0 Å². The van der Waals surface area contributed by atoms with Gasteiger partial charge < -0.3 is 20.1 Å². The van der Waals surface area contributed by atoms with Crippen molar-refractivity contribution in [2.75, 3.05) is 33.1 Å². The highest BCUT2D eigenvalue weighted by Gasteiger charge is 2.05. The lowest BCUT2D eigenvalue weighted by atomic mass is 10.3. The van der Waals surface area contributed by atoms with E-state index in [2.05, 4.69) is 15.6 Å². The monoisotopic (exact) mass is 237 g/mol. The summed E-state index contributed by atoms with van der Waals surface area (Å²) < 4.78 is 10.4. The number of benzene rings is 1. The number of hydrogen-bond donors (Lipinski definition) is 2. The molecular weight excluding hydrogens is 218 g/mol. The first kappa shape index (κ1) is 13.2. The second kappa shape index (κ2) is 6.62. The Morgan fingerprint density at radius 3 is 2.47 bits per heavy atom. The van der Waals surface area contributed by atoms with Gasteiger partial charge in [-0.3, -0.25) is 4.99 Å². The number of guanidine groups is 1. The van der Waals surface area contributed by atoms with Gasteiger partial charge in [0.15, 0.2) is 17.5 Å². The van der Waals surface area contributed by atoms with Crippen molar-refractivity contribution in [1.82, 2.24) is 5.32 Å². The topological polar surface area (TPSA) is 54.9 Å². The number of nitrogens with zero attached hydrogens (tertiary/aromatic N) is 1. The summed E-state index contributed by atoms with van der Waals surface area (Å²) in [5, 5.41) is 6.27. The van der Waals surface area contributed by atoms with E-state index in [-0.39, 0.29) is 0 Å². The fourth-order valence-electron chi connectivity index (χ4n) is 1.40. The van der Waals surface area contributed by atoms with Crippen molar-refractivity contribution in [3.8, 4) is 11.5 Å². The van der Waals surface area contributed by atoms with Crippen molar-refractivity contribution in [2.45, 2.75) is 6.92 Å². The highest BCUT2D eigenvalue weighted by Crippen LogP contribution is 2.29. The van der Waals surface area contributed by atoms with E-state index >= 15 is 0 Å². The maximum atomic E-state index is 5.23. The molecule has 1 aromatic carbocycles. The molecule has 0 bridgehead atoms. The van der Waals surface area contributed by atoms with Gasteiger partial charge in [0.1, 0.15) is 0 Å². The number of aliphatic imine (C=N–C) groups is 1. The number of anilines is 1. The zero-order valence-electron chi connectivity index (χ0n) is 10.7. The van der Waals surface area contributed by atoms with Crippen LogP contribution in [0.2, 0.25) is 0 Å². The minimum absolute atomic E-state index is 0.685. The minimum Gasteiger partial charge on any atom is -0.493 e. The number of rotatable bonds is 4. The molecule has 1 aromatic rings. The Morgan fingerprint density at radius 2 is 1.94 bits per heavy atom. The Labute approximate surface area is 102 Å². The largest absolute Gasteiger partial charge is 0.493 e. The molecule has 0 aliphatic heterocycles. The maximum Gasteiger partial charge on any atom is 0.195 e. The van der Waals surface area contributed by atoms with Crippen LogP contribution < -0.4 is 20.1 Å². The Balaban J connectivity index is 2.85. The second-order valence-corrected chi connectivity index (χ2v) is 3.30. The number of methoxy groups -OCH3 is 2. The van der Waals surface area contributed by atoms with Gasteiger partial charge in [0.2, 0.25) is 0 Å². The fourth-order valence-corrected chi connectivity index (χ4v) is 1.40. The van der Waals surface area contributed by atoms with Crippen LogP contribution in [0.25, 0.3) is 0 Å². The van der Waals surface area contributed by atoms with Gasteiger partial charge in [0.05, 0.1) is 14.2 Å². The van der Waals surface area contributed by atoms with Crippen LogP contribution >= 0.6 is 0 Å². The summed E-state index contributed by atoms with van der Waals surface area (Å²) in [4.78, 5) is 4.09. The molecule has 0 fully saturated rings. The lowest BCUT2D eigenvalue weighted by Crippen LogP contribution is -2.30. The van der Waals surface area contributed by atoms with Crippen molar-refractivity contribution in [3.05, 3.63) is 18.2 Å². The van der Waals surface area contributed by atoms with Crippen LogP contribution in [-0.4, -0.2) is 33.8 Å². The van der Waals surface area contributed by atoms with Gasteiger partial charge in [-0.2, -0.15) is 0 Å². The lowest BCUT2D eigenvalue weighted by Gasteiger charge is -2.13. The molecule has 0 heterocycles. The molecule has 0 aliphatic rings. The lowest BCUT2D eigenvalue weighted by molar-refractivity contribution is 0.355. The smallest absolute Gasteiger partial charge is 0.195 e. The molecule has 0 saturated carbocycles. The predicted molar refractivity (Wildman–Crippen MR) is 70.2 cm³/mol. The maximum absolute atomic E-state index is 5.23. The Hall–Kier alpha value is -1.91. The summed E-state index contributed by atoms with van der Waals surface area (Å²) in [5.74, 6) is 2.11. The molecule has 0 saturated heterocycles. The molecule has 0 aromatic heterocycles. The zero-order valence-corrected chi connectivity index (χ0v) is 10.7. The summed E-state index contributed by atoms with van der Waals surface area (Å²) >= 11 is 0. The molecular formula is C12H19N3O2. The first-order valence-corrected chi connectivity index (χ1v) is 5.44. The van der Waals surface area contributed by atoms with Gasteiger partial charge in [-0.1, -0.05) is 0 Å². The van der Waals surface area contributed by atoms with E-state index in [4.69, 9.17) is 9.47 Å². The third-order valence-corrected chi connectivity index (χ3v) is 2.21. The van der Waals surface area contributed by atoms with E-state index in [0.717, 1.165) is 18.2 Å². The third kappa shape index (κ3) is 3.55. The number of hydrogen-bond acceptors (Lipinski definition) is 3. The minimum atomic E-state index is 0.685. The Morgan fingerprint density at radius 1 is 1.24 bits per heavy atom. The zero-order chi connectivity index (χ0) is 12.7. The summed E-state index contributed by atoms with van der Waals surface area (Å²) in [7, 11) is 4.95. The van der Waals surface area contributed by atoms with Crippen LogP contribution in [0.15, 0.2) is 23.2 Å². The standard InChI is InChI=1S/C12H19N3O2/c1-5-14-12(13-2)15-9-6-7-10(16-3)11(8-9)17-4/h6-8H,5H2,1-4H3,(H2,13,14,15). The highest BCUT2D eigenvalue weighted by atomic mass is 16.5. The summed E-state index contributed by atoms with van der Waals surface area (Å²) in [5.41, 5.74) is 0.893. The SMILES string of the molecule is CCNC(=NC)Nc1ccc(OC)c(OC)c1. The highest BCUT2D eigenvalue weighted by molar-refractivity contribution is 5.93. The summed E-state index contributed by atoms with van der Waals surface area (Å²) in [6.45, 7) is 2.83. The van der Waals surface area contributed by atoms with E-state index in [0.29, 0.717) is 11.5 Å². The molecule has 0 unspecified atom stereocenters. The Kier molecular flexibility index (Phi) is 5.13. The van der Waals surface area contributed by atoms with Crippen molar-refractivity contribution < 1.29 is 9.47 Å². The molecule has 5 nitrogen and oxygen atoms in total. The fraction of sp³-hybridized carbons (Fsp3) is 0.417. The average molecular weight is 237 g/mol. The summed E-state index contributed by atoms with van der Waals surface area (Å²) in [6.07, 6.45) is 0. The normalized spacial score (nSPS) is 10.9. The number of nitrogens with one attached hydrogen (secondary N) is 2. The van der Waals surface area contributed by atoms with Crippen molar-refractivity contribution in [3.63, 3.8) is 0 Å². The second-order valence-electron chi connectivity index (χ2n) is 3.30. The predicted octanol–water partition coefficient (Wildman–Crippen LogP) is 1.71. The van der Waals surface area contributed by atoms with E-state index < -0.39 is 0 Å². The average Bonchev–Trinajstić information content (AvgIpc) is 2.38. The van der Waals surface area contributed by atoms with Crippen LogP contribution in [-0.2, 0) is 0 Å². The van der Waals surface area contributed by atoms with Gasteiger partial charge >= 0.3 is 0 Å². The molecule has 0 amide bonds. The molecule has 2 N–H and O–H groups in total. The van der Waals surface area contributed by atoms with Crippen LogP contribution in [0.3, 0.4) is 0 Å². The molecule has 0 atom stereocenters. The molecule has 0 aliphatic carbocycles. The van der Waals surface area contributed by atoms with Crippen molar-refractivity contribution in [1.29, 1.82) is 0 Å². The molecule has 0 spiro atoms. The van der Waals surface area contributed by atoms with Crippen LogP contribution in [0.4, 0.5) is 5.69 Å². The van der Waals surface area contributed by atoms with Gasteiger partial charge in [0, 0.05) is 25.3 Å².